The van der Waals surface area contributed by atoms with Crippen LogP contribution in [0.1, 0.15) is 130 Å². The molecule has 0 radical (unpaired) electrons. The molecule has 2 heterocycles. The molecule has 0 spiro atoms. The third kappa shape index (κ3) is 44.6. The van der Waals surface area contributed by atoms with Crippen molar-refractivity contribution in [2.24, 2.45) is 40.7 Å². The van der Waals surface area contributed by atoms with Crippen LogP contribution in [0.2, 0.25) is 0 Å². The summed E-state index contributed by atoms with van der Waals surface area (Å²) >= 11 is 0. The van der Waals surface area contributed by atoms with Crippen LogP contribution in [0.3, 0.4) is 0 Å². The van der Waals surface area contributed by atoms with Crippen LogP contribution in [0.15, 0.2) is 0 Å². The summed E-state index contributed by atoms with van der Waals surface area (Å²) in [5.41, 5.74) is 21.9. The maximum Gasteiger partial charge on any atom is 0.104 e. The third-order valence-corrected chi connectivity index (χ3v) is 9.96. The molecule has 0 aromatic rings. The number of hydrogen-bond donors (Lipinski definition) is 7. The Kier molecular flexibility index (Phi) is 42.2. The standard InChI is InChI=1S/C25H55N3O4.C12H22O4.C6H16N2/c1-22(17-26)11-6-5-7-13-24(29)20-31-15-8-3-4-9-16-32-21-25(30)19-28-14-10-12-23(2)18-27;1(3-5-13-7-11-9-15-11)2-4-6-14-8-12-10-16-12;1-6(5-8)3-2-4-7/h22-25,28-30H,3-21,26-27H2,1-2H3;11-12H,1-10H2;6H,2-5,7-8H2,1H3. The van der Waals surface area contributed by atoms with Gasteiger partial charge in [-0.3, -0.25) is 0 Å². The van der Waals surface area contributed by atoms with Crippen molar-refractivity contribution < 1.29 is 38.6 Å². The Labute approximate surface area is 343 Å². The molecular weight excluding hydrogens is 714 g/mol. The van der Waals surface area contributed by atoms with E-state index in [1.54, 1.807) is 0 Å². The van der Waals surface area contributed by atoms with Gasteiger partial charge in [-0.15, -0.1) is 0 Å². The maximum atomic E-state index is 9.97. The molecule has 2 rings (SSSR count). The number of nitrogens with one attached hydrogen (secondary N) is 1. The van der Waals surface area contributed by atoms with Crippen LogP contribution in [-0.4, -0.2) is 140 Å². The van der Waals surface area contributed by atoms with Gasteiger partial charge in [-0.2, -0.15) is 0 Å². The van der Waals surface area contributed by atoms with E-state index in [0.29, 0.717) is 62.9 Å². The zero-order chi connectivity index (χ0) is 41.3. The SMILES string of the molecule is C(CCCOCC1CO1)CCOCC1CO1.CC(CN)CCCCCC(O)COCCCCCCOCC(O)CNCCCC(C)CN.CC(CN)CCCN. The van der Waals surface area contributed by atoms with Crippen LogP contribution in [0.4, 0.5) is 0 Å². The van der Waals surface area contributed by atoms with Crippen LogP contribution in [0.25, 0.3) is 0 Å². The van der Waals surface area contributed by atoms with Gasteiger partial charge in [0, 0.05) is 33.0 Å². The fraction of sp³-hybridized carbons (Fsp3) is 1.00. The molecule has 13 nitrogen and oxygen atoms in total. The van der Waals surface area contributed by atoms with E-state index in [0.717, 1.165) is 149 Å². The summed E-state index contributed by atoms with van der Waals surface area (Å²) in [6, 6.07) is 0. The van der Waals surface area contributed by atoms with Gasteiger partial charge in [0.25, 0.3) is 0 Å². The lowest BCUT2D eigenvalue weighted by molar-refractivity contribution is 0.0280. The zero-order valence-electron chi connectivity index (χ0n) is 36.5. The van der Waals surface area contributed by atoms with E-state index in [2.05, 4.69) is 26.1 Å². The summed E-state index contributed by atoms with van der Waals surface area (Å²) in [4.78, 5) is 0. The molecule has 7 atom stereocenters. The van der Waals surface area contributed by atoms with Gasteiger partial charge in [-0.1, -0.05) is 65.7 Å². The minimum absolute atomic E-state index is 0.342. The van der Waals surface area contributed by atoms with Gasteiger partial charge in [0.05, 0.1) is 51.8 Å². The van der Waals surface area contributed by atoms with Gasteiger partial charge in [0.15, 0.2) is 0 Å². The first-order chi connectivity index (χ1) is 27.2. The monoisotopic (exact) mass is 808 g/mol. The lowest BCUT2D eigenvalue weighted by atomic mass is 10.0. The van der Waals surface area contributed by atoms with E-state index in [1.807, 2.05) is 0 Å². The molecule has 11 N–H and O–H groups in total. The Bertz CT molecular complexity index is 718. The highest BCUT2D eigenvalue weighted by molar-refractivity contribution is 4.68. The van der Waals surface area contributed by atoms with Crippen molar-refractivity contribution in [2.45, 2.75) is 154 Å². The van der Waals surface area contributed by atoms with E-state index in [-0.39, 0.29) is 6.10 Å². The number of hydrogen-bond acceptors (Lipinski definition) is 13. The summed E-state index contributed by atoms with van der Waals surface area (Å²) in [6.45, 7) is 18.4. The largest absolute Gasteiger partial charge is 0.391 e. The summed E-state index contributed by atoms with van der Waals surface area (Å²) in [5.74, 6) is 1.83. The van der Waals surface area contributed by atoms with Crippen LogP contribution in [0.5, 0.6) is 0 Å². The van der Waals surface area contributed by atoms with Gasteiger partial charge in [-0.05, 0) is 115 Å². The highest BCUT2D eigenvalue weighted by Gasteiger charge is 2.22. The number of unbranched alkanes of at least 4 members (excludes halogenated alkanes) is 8. The molecule has 0 bridgehead atoms. The Balaban J connectivity index is 0.00000102. The van der Waals surface area contributed by atoms with Gasteiger partial charge in [0.1, 0.15) is 12.2 Å². The number of epoxide rings is 2. The molecule has 0 aromatic heterocycles. The van der Waals surface area contributed by atoms with E-state index in [1.165, 1.54) is 32.1 Å². The minimum Gasteiger partial charge on any atom is -0.391 e. The number of rotatable bonds is 40. The van der Waals surface area contributed by atoms with Crippen molar-refractivity contribution in [3.05, 3.63) is 0 Å². The van der Waals surface area contributed by atoms with Crippen molar-refractivity contribution in [2.75, 3.05) is 105 Å². The van der Waals surface area contributed by atoms with Crippen molar-refractivity contribution in [3.8, 4) is 0 Å². The molecule has 7 unspecified atom stereocenters. The second-order valence-electron chi connectivity index (χ2n) is 16.3. The maximum absolute atomic E-state index is 9.97. The molecule has 0 aromatic carbocycles. The first-order valence-electron chi connectivity index (χ1n) is 22.7. The predicted molar refractivity (Wildman–Crippen MR) is 230 cm³/mol. The summed E-state index contributed by atoms with van der Waals surface area (Å²) in [7, 11) is 0. The van der Waals surface area contributed by atoms with E-state index in [4.69, 9.17) is 51.4 Å². The number of ether oxygens (including phenoxy) is 6. The van der Waals surface area contributed by atoms with Gasteiger partial charge in [-0.25, -0.2) is 0 Å². The van der Waals surface area contributed by atoms with Gasteiger partial charge < -0.3 is 66.9 Å². The molecule has 2 aliphatic heterocycles. The Hall–Kier alpha value is -0.520. The number of aliphatic hydroxyl groups is 2. The lowest BCUT2D eigenvalue weighted by Crippen LogP contribution is -2.31. The smallest absolute Gasteiger partial charge is 0.104 e. The van der Waals surface area contributed by atoms with Crippen molar-refractivity contribution >= 4 is 0 Å². The molecule has 13 heteroatoms. The second kappa shape index (κ2) is 42.6. The van der Waals surface area contributed by atoms with Crippen molar-refractivity contribution in [1.82, 2.24) is 5.32 Å². The van der Waals surface area contributed by atoms with Crippen LogP contribution >= 0.6 is 0 Å². The van der Waals surface area contributed by atoms with Crippen LogP contribution in [-0.2, 0) is 28.4 Å². The van der Waals surface area contributed by atoms with E-state index < -0.39 is 6.10 Å². The van der Waals surface area contributed by atoms with Crippen molar-refractivity contribution in [1.29, 1.82) is 0 Å². The molecular formula is C43H93N5O8. The Morgan fingerprint density at radius 1 is 0.518 bits per heavy atom. The summed E-state index contributed by atoms with van der Waals surface area (Å²) < 4.78 is 32.2. The fourth-order valence-electron chi connectivity index (χ4n) is 5.58. The minimum atomic E-state index is -0.448. The summed E-state index contributed by atoms with van der Waals surface area (Å²) in [6.07, 6.45) is 18.9. The molecule has 0 amide bonds. The quantitative estimate of drug-likeness (QED) is 0.0335. The van der Waals surface area contributed by atoms with Gasteiger partial charge in [0.2, 0.25) is 0 Å². The average Bonchev–Trinajstić information content (AvgIpc) is 4.15. The highest BCUT2D eigenvalue weighted by Crippen LogP contribution is 2.12. The normalized spacial score (nSPS) is 18.6. The molecule has 0 aliphatic carbocycles. The van der Waals surface area contributed by atoms with Gasteiger partial charge >= 0.3 is 0 Å². The third-order valence-electron chi connectivity index (χ3n) is 9.96. The Morgan fingerprint density at radius 3 is 1.36 bits per heavy atom. The zero-order valence-corrected chi connectivity index (χ0v) is 36.5. The molecule has 338 valence electrons. The van der Waals surface area contributed by atoms with Crippen LogP contribution in [0, 0.1) is 17.8 Å². The first-order valence-corrected chi connectivity index (χ1v) is 22.7. The predicted octanol–water partition coefficient (Wildman–Crippen LogP) is 4.51. The lowest BCUT2D eigenvalue weighted by Gasteiger charge is -2.13. The summed E-state index contributed by atoms with van der Waals surface area (Å²) in [5, 5.41) is 23.2. The first kappa shape index (κ1) is 55.5. The Morgan fingerprint density at radius 2 is 0.911 bits per heavy atom. The highest BCUT2D eigenvalue weighted by atomic mass is 16.6. The average molecular weight is 808 g/mol. The number of aliphatic hydroxyl groups excluding tert-OH is 2. The van der Waals surface area contributed by atoms with E-state index in [9.17, 15) is 10.2 Å². The molecule has 2 saturated heterocycles. The topological polar surface area (TPSA) is 219 Å². The molecule has 2 aliphatic rings. The second-order valence-corrected chi connectivity index (χ2v) is 16.3. The van der Waals surface area contributed by atoms with Crippen molar-refractivity contribution in [3.63, 3.8) is 0 Å². The molecule has 0 saturated carbocycles. The number of nitrogens with two attached hydrogens (primary N) is 4. The van der Waals surface area contributed by atoms with E-state index >= 15 is 0 Å². The molecule has 2 fully saturated rings. The van der Waals surface area contributed by atoms with Crippen LogP contribution < -0.4 is 28.3 Å². The fourth-order valence-corrected chi connectivity index (χ4v) is 5.58. The molecule has 56 heavy (non-hydrogen) atoms.